The highest BCUT2D eigenvalue weighted by Crippen LogP contribution is 2.39. The van der Waals surface area contributed by atoms with Crippen LogP contribution in [0.4, 0.5) is 13.2 Å². The number of carbonyl (C=O) groups excluding carboxylic acids is 2. The molecule has 0 unspecified atom stereocenters. The van der Waals surface area contributed by atoms with Crippen LogP contribution in [0, 0.1) is 0 Å². The summed E-state index contributed by atoms with van der Waals surface area (Å²) in [5.74, 6) is -0.308. The standard InChI is InChI=1S/C22H25F3N2O6/c1-4-30-17-11-14(12-18(31-5-2)20(17)32-6-3)21(29)27-26-19(28)13-33-16-9-7-15(8-10-16)22(23,24)25/h7-12H,4-6,13H2,1-3H3,(H,26,28)(H,27,29). The van der Waals surface area contributed by atoms with Crippen molar-refractivity contribution in [3.8, 4) is 23.0 Å². The van der Waals surface area contributed by atoms with Crippen LogP contribution in [0.25, 0.3) is 0 Å². The molecule has 8 nitrogen and oxygen atoms in total. The number of benzene rings is 2. The largest absolute Gasteiger partial charge is 0.490 e. The predicted molar refractivity (Wildman–Crippen MR) is 112 cm³/mol. The third-order valence-electron chi connectivity index (χ3n) is 4.04. The molecule has 2 rings (SSSR count). The molecular weight excluding hydrogens is 445 g/mol. The first-order valence-electron chi connectivity index (χ1n) is 10.1. The van der Waals surface area contributed by atoms with Crippen molar-refractivity contribution in [3.63, 3.8) is 0 Å². The molecule has 33 heavy (non-hydrogen) atoms. The number of hydrogen-bond donors (Lipinski definition) is 2. The van der Waals surface area contributed by atoms with Crippen molar-refractivity contribution >= 4 is 11.8 Å². The monoisotopic (exact) mass is 470 g/mol. The number of rotatable bonds is 10. The van der Waals surface area contributed by atoms with Crippen molar-refractivity contribution < 1.29 is 41.7 Å². The summed E-state index contributed by atoms with van der Waals surface area (Å²) in [5, 5.41) is 0. The van der Waals surface area contributed by atoms with E-state index in [0.717, 1.165) is 24.3 Å². The molecule has 2 aromatic rings. The minimum atomic E-state index is -4.47. The fourth-order valence-corrected chi connectivity index (χ4v) is 2.64. The van der Waals surface area contributed by atoms with Crippen molar-refractivity contribution in [3.05, 3.63) is 47.5 Å². The van der Waals surface area contributed by atoms with E-state index in [2.05, 4.69) is 10.9 Å². The zero-order valence-electron chi connectivity index (χ0n) is 18.4. The van der Waals surface area contributed by atoms with Gasteiger partial charge in [0.15, 0.2) is 18.1 Å². The van der Waals surface area contributed by atoms with E-state index in [1.165, 1.54) is 12.1 Å². The minimum Gasteiger partial charge on any atom is -0.490 e. The van der Waals surface area contributed by atoms with E-state index >= 15 is 0 Å². The van der Waals surface area contributed by atoms with E-state index in [-0.39, 0.29) is 11.3 Å². The third-order valence-corrected chi connectivity index (χ3v) is 4.04. The Labute approximate surface area is 188 Å². The maximum Gasteiger partial charge on any atom is 0.416 e. The molecule has 0 spiro atoms. The summed E-state index contributed by atoms with van der Waals surface area (Å²) in [7, 11) is 0. The highest BCUT2D eigenvalue weighted by molar-refractivity contribution is 5.96. The first kappa shape index (κ1) is 25.6. The minimum absolute atomic E-state index is 0.0682. The molecule has 0 aliphatic carbocycles. The van der Waals surface area contributed by atoms with Gasteiger partial charge in [0.05, 0.1) is 25.4 Å². The van der Waals surface area contributed by atoms with Gasteiger partial charge in [0, 0.05) is 5.56 Å². The first-order valence-corrected chi connectivity index (χ1v) is 10.1. The van der Waals surface area contributed by atoms with E-state index in [9.17, 15) is 22.8 Å². The number of alkyl halides is 3. The fourth-order valence-electron chi connectivity index (χ4n) is 2.64. The Bertz CT molecular complexity index is 921. The van der Waals surface area contributed by atoms with Gasteiger partial charge in [-0.05, 0) is 57.2 Å². The summed E-state index contributed by atoms with van der Waals surface area (Å²) >= 11 is 0. The van der Waals surface area contributed by atoms with Crippen molar-refractivity contribution in [1.29, 1.82) is 0 Å². The third kappa shape index (κ3) is 7.48. The zero-order valence-corrected chi connectivity index (χ0v) is 18.4. The smallest absolute Gasteiger partial charge is 0.416 e. The average molecular weight is 470 g/mol. The molecule has 2 aromatic carbocycles. The van der Waals surface area contributed by atoms with E-state index in [0.29, 0.717) is 37.1 Å². The van der Waals surface area contributed by atoms with E-state index in [4.69, 9.17) is 18.9 Å². The summed E-state index contributed by atoms with van der Waals surface area (Å²) in [5.41, 5.74) is 3.72. The molecule has 0 saturated heterocycles. The molecule has 0 atom stereocenters. The number of carbonyl (C=O) groups is 2. The van der Waals surface area contributed by atoms with Gasteiger partial charge >= 0.3 is 6.18 Å². The fraction of sp³-hybridized carbons (Fsp3) is 0.364. The van der Waals surface area contributed by atoms with Crippen molar-refractivity contribution in [2.45, 2.75) is 26.9 Å². The lowest BCUT2D eigenvalue weighted by molar-refractivity contribution is -0.137. The maximum atomic E-state index is 12.6. The number of hydrogen-bond acceptors (Lipinski definition) is 6. The lowest BCUT2D eigenvalue weighted by Gasteiger charge is -2.17. The molecule has 0 aromatic heterocycles. The number of nitrogens with one attached hydrogen (secondary N) is 2. The second-order valence-electron chi connectivity index (χ2n) is 6.41. The lowest BCUT2D eigenvalue weighted by atomic mass is 10.1. The molecule has 0 aliphatic heterocycles. The normalized spacial score (nSPS) is 10.8. The summed E-state index contributed by atoms with van der Waals surface area (Å²) in [6.07, 6.45) is -4.47. The van der Waals surface area contributed by atoms with E-state index < -0.39 is 30.2 Å². The molecule has 0 aliphatic rings. The van der Waals surface area contributed by atoms with Gasteiger partial charge in [-0.15, -0.1) is 0 Å². The van der Waals surface area contributed by atoms with E-state index in [1.807, 2.05) is 0 Å². The topological polar surface area (TPSA) is 95.1 Å². The van der Waals surface area contributed by atoms with Gasteiger partial charge in [-0.2, -0.15) is 13.2 Å². The molecular formula is C22H25F3N2O6. The zero-order chi connectivity index (χ0) is 24.4. The maximum absolute atomic E-state index is 12.6. The number of amides is 2. The summed E-state index contributed by atoms with van der Waals surface area (Å²) in [6.45, 7) is 5.85. The number of hydrazine groups is 1. The molecule has 11 heteroatoms. The molecule has 0 fully saturated rings. The molecule has 2 N–H and O–H groups in total. The van der Waals surface area contributed by atoms with Gasteiger partial charge in [0.1, 0.15) is 5.75 Å². The van der Waals surface area contributed by atoms with E-state index in [1.54, 1.807) is 20.8 Å². The average Bonchev–Trinajstić information content (AvgIpc) is 2.78. The molecule has 0 radical (unpaired) electrons. The van der Waals surface area contributed by atoms with Gasteiger partial charge < -0.3 is 18.9 Å². The van der Waals surface area contributed by atoms with Crippen LogP contribution in [0.15, 0.2) is 36.4 Å². The molecule has 180 valence electrons. The SMILES string of the molecule is CCOc1cc(C(=O)NNC(=O)COc2ccc(C(F)(F)F)cc2)cc(OCC)c1OCC. The Morgan fingerprint density at radius 3 is 1.85 bits per heavy atom. The Balaban J connectivity index is 1.99. The molecule has 2 amide bonds. The van der Waals surface area contributed by atoms with Crippen LogP contribution < -0.4 is 29.8 Å². The Morgan fingerprint density at radius 1 is 0.818 bits per heavy atom. The summed E-state index contributed by atoms with van der Waals surface area (Å²) in [6, 6.07) is 6.78. The lowest BCUT2D eigenvalue weighted by Crippen LogP contribution is -2.43. The van der Waals surface area contributed by atoms with Crippen molar-refractivity contribution in [2.75, 3.05) is 26.4 Å². The highest BCUT2D eigenvalue weighted by Gasteiger charge is 2.30. The van der Waals surface area contributed by atoms with Crippen molar-refractivity contribution in [1.82, 2.24) is 10.9 Å². The molecule has 0 bridgehead atoms. The van der Waals surface area contributed by atoms with Crippen LogP contribution in [-0.4, -0.2) is 38.2 Å². The second-order valence-corrected chi connectivity index (χ2v) is 6.41. The van der Waals surface area contributed by atoms with Crippen LogP contribution in [-0.2, 0) is 11.0 Å². The Kier molecular flexibility index (Phi) is 9.19. The Hall–Kier alpha value is -3.63. The summed E-state index contributed by atoms with van der Waals surface area (Å²) < 4.78 is 59.5. The molecule has 0 saturated carbocycles. The van der Waals surface area contributed by atoms with Crippen LogP contribution in [0.2, 0.25) is 0 Å². The highest BCUT2D eigenvalue weighted by atomic mass is 19.4. The van der Waals surface area contributed by atoms with Gasteiger partial charge in [0.2, 0.25) is 5.75 Å². The van der Waals surface area contributed by atoms with Gasteiger partial charge in [0.25, 0.3) is 11.8 Å². The van der Waals surface area contributed by atoms with Gasteiger partial charge in [-0.3, -0.25) is 20.4 Å². The first-order chi connectivity index (χ1) is 15.7. The number of halogens is 3. The quantitative estimate of drug-likeness (QED) is 0.514. The van der Waals surface area contributed by atoms with Gasteiger partial charge in [-0.1, -0.05) is 0 Å². The molecule has 0 heterocycles. The van der Waals surface area contributed by atoms with Crippen LogP contribution in [0.3, 0.4) is 0 Å². The second kappa shape index (κ2) is 11.8. The van der Waals surface area contributed by atoms with Crippen LogP contribution in [0.5, 0.6) is 23.0 Å². The summed E-state index contributed by atoms with van der Waals surface area (Å²) in [4.78, 5) is 24.5. The van der Waals surface area contributed by atoms with Crippen LogP contribution in [0.1, 0.15) is 36.7 Å². The van der Waals surface area contributed by atoms with Gasteiger partial charge in [-0.25, -0.2) is 0 Å². The van der Waals surface area contributed by atoms with Crippen molar-refractivity contribution in [2.24, 2.45) is 0 Å². The predicted octanol–water partition coefficient (Wildman–Crippen LogP) is 3.74. The Morgan fingerprint density at radius 2 is 1.36 bits per heavy atom. The number of ether oxygens (including phenoxy) is 4. The van der Waals surface area contributed by atoms with Crippen LogP contribution >= 0.6 is 0 Å².